The highest BCUT2D eigenvalue weighted by molar-refractivity contribution is 5.85. The van der Waals surface area contributed by atoms with Gasteiger partial charge in [-0.3, -0.25) is 0 Å². The first-order chi connectivity index (χ1) is 17.5. The van der Waals surface area contributed by atoms with Crippen LogP contribution in [-0.4, -0.2) is 21.3 Å². The lowest BCUT2D eigenvalue weighted by molar-refractivity contribution is 0.417. The first kappa shape index (κ1) is 22.6. The Hall–Kier alpha value is -5.14. The normalized spacial score (nSPS) is 10.7. The summed E-state index contributed by atoms with van der Waals surface area (Å²) in [5, 5.41) is 22.9. The molecule has 7 heteroatoms. The van der Waals surface area contributed by atoms with Crippen molar-refractivity contribution in [1.82, 2.24) is 14.2 Å². The number of ether oxygens (including phenoxy) is 1. The number of fused-ring (bicyclic) bond motifs is 1. The molecule has 0 spiro atoms. The Balaban J connectivity index is 1.78. The second-order valence-electron chi connectivity index (χ2n) is 8.44. The molecule has 7 nitrogen and oxygen atoms in total. The van der Waals surface area contributed by atoms with Crippen LogP contribution in [0.4, 0.5) is 0 Å². The van der Waals surface area contributed by atoms with E-state index in [-0.39, 0.29) is 12.2 Å². The van der Waals surface area contributed by atoms with Gasteiger partial charge in [0.2, 0.25) is 5.65 Å². The van der Waals surface area contributed by atoms with Gasteiger partial charge in [-0.05, 0) is 53.9 Å². The lowest BCUT2D eigenvalue weighted by atomic mass is 9.97. The average Bonchev–Trinajstić information content (AvgIpc) is 3.24. The molecule has 0 aliphatic carbocycles. The summed E-state index contributed by atoms with van der Waals surface area (Å²) in [7, 11) is 1.55. The van der Waals surface area contributed by atoms with Crippen LogP contribution in [-0.2, 0) is 6.54 Å². The van der Waals surface area contributed by atoms with Crippen LogP contribution in [0.5, 0.6) is 5.75 Å². The number of benzene rings is 3. The Kier molecular flexibility index (Phi) is 5.82. The van der Waals surface area contributed by atoms with Crippen LogP contribution >= 0.6 is 0 Å². The van der Waals surface area contributed by atoms with E-state index in [4.69, 9.17) is 10.00 Å². The number of nitrogens with zero attached hydrogens (tertiary/aromatic N) is 5. The fourth-order valence-corrected chi connectivity index (χ4v) is 4.20. The summed E-state index contributed by atoms with van der Waals surface area (Å²) in [5.41, 5.74) is 6.33. The maximum Gasteiger partial charge on any atom is 0.351 e. The van der Waals surface area contributed by atoms with Crippen molar-refractivity contribution in [2.75, 3.05) is 7.11 Å². The Morgan fingerprint density at radius 3 is 2.03 bits per heavy atom. The van der Waals surface area contributed by atoms with Gasteiger partial charge >= 0.3 is 5.69 Å². The molecule has 0 bridgehead atoms. The van der Waals surface area contributed by atoms with Crippen molar-refractivity contribution in [3.63, 3.8) is 0 Å². The molecule has 0 radical (unpaired) electrons. The molecule has 0 amide bonds. The largest absolute Gasteiger partial charge is 0.493 e. The van der Waals surface area contributed by atoms with Crippen LogP contribution in [0.15, 0.2) is 83.7 Å². The molecule has 0 fully saturated rings. The smallest absolute Gasteiger partial charge is 0.351 e. The minimum Gasteiger partial charge on any atom is -0.493 e. The van der Waals surface area contributed by atoms with Crippen molar-refractivity contribution in [2.45, 2.75) is 13.5 Å². The lowest BCUT2D eigenvalue weighted by Crippen LogP contribution is -2.23. The monoisotopic (exact) mass is 471 g/mol. The SMILES string of the molecule is COc1cc(-c2ccc(C#N)cc2)c(-c2ccc(C)cc2)n2c(=O)n(Cc3ccc(C#N)cc3)nc12. The number of hydrogen-bond acceptors (Lipinski definition) is 5. The Morgan fingerprint density at radius 2 is 1.44 bits per heavy atom. The van der Waals surface area contributed by atoms with Gasteiger partial charge in [-0.15, -0.1) is 5.10 Å². The van der Waals surface area contributed by atoms with Crippen LogP contribution in [0.25, 0.3) is 28.0 Å². The van der Waals surface area contributed by atoms with Gasteiger partial charge in [0, 0.05) is 5.56 Å². The number of nitriles is 2. The molecule has 2 aromatic heterocycles. The van der Waals surface area contributed by atoms with Gasteiger partial charge in [-0.25, -0.2) is 13.9 Å². The molecular formula is C29H21N5O2. The summed E-state index contributed by atoms with van der Waals surface area (Å²) >= 11 is 0. The second-order valence-corrected chi connectivity index (χ2v) is 8.44. The van der Waals surface area contributed by atoms with E-state index >= 15 is 0 Å². The van der Waals surface area contributed by atoms with E-state index in [0.717, 1.165) is 27.8 Å². The molecule has 0 N–H and O–H groups in total. The van der Waals surface area contributed by atoms with Crippen LogP contribution in [0.2, 0.25) is 0 Å². The third kappa shape index (κ3) is 4.00. The summed E-state index contributed by atoms with van der Waals surface area (Å²) in [6.07, 6.45) is 0. The quantitative estimate of drug-likeness (QED) is 0.362. The first-order valence-corrected chi connectivity index (χ1v) is 11.3. The standard InChI is InChI=1S/C29H21N5O2/c1-19-3-11-24(12-4-19)27-25(23-13-9-21(17-31)10-14-23)15-26(36-2)28-32-33(29(35)34(27)28)18-22-7-5-20(16-30)6-8-22/h3-15H,18H2,1-2H3. The van der Waals surface area contributed by atoms with Crippen molar-refractivity contribution in [3.8, 4) is 40.3 Å². The number of hydrogen-bond donors (Lipinski definition) is 0. The minimum atomic E-state index is -0.307. The van der Waals surface area contributed by atoms with E-state index in [1.807, 2.05) is 61.5 Å². The Morgan fingerprint density at radius 1 is 0.861 bits per heavy atom. The molecule has 0 aliphatic rings. The van der Waals surface area contributed by atoms with Gasteiger partial charge in [-0.1, -0.05) is 54.1 Å². The van der Waals surface area contributed by atoms with Crippen molar-refractivity contribution in [1.29, 1.82) is 10.5 Å². The van der Waals surface area contributed by atoms with Crippen molar-refractivity contribution in [3.05, 3.63) is 112 Å². The summed E-state index contributed by atoms with van der Waals surface area (Å²) in [5.74, 6) is 0.459. The molecule has 2 heterocycles. The zero-order chi connectivity index (χ0) is 25.2. The summed E-state index contributed by atoms with van der Waals surface area (Å²) in [6, 6.07) is 28.4. The number of aryl methyl sites for hydroxylation is 1. The first-order valence-electron chi connectivity index (χ1n) is 11.3. The van der Waals surface area contributed by atoms with Gasteiger partial charge in [-0.2, -0.15) is 10.5 Å². The molecule has 36 heavy (non-hydrogen) atoms. The molecule has 174 valence electrons. The van der Waals surface area contributed by atoms with Crippen molar-refractivity contribution < 1.29 is 4.74 Å². The maximum atomic E-state index is 13.8. The Bertz CT molecular complexity index is 1710. The summed E-state index contributed by atoms with van der Waals surface area (Å²) < 4.78 is 8.66. The highest BCUT2D eigenvalue weighted by Crippen LogP contribution is 2.36. The minimum absolute atomic E-state index is 0.245. The van der Waals surface area contributed by atoms with Crippen molar-refractivity contribution >= 4 is 5.65 Å². The molecule has 3 aromatic carbocycles. The topological polar surface area (TPSA) is 96.1 Å². The van der Waals surface area contributed by atoms with Crippen molar-refractivity contribution in [2.24, 2.45) is 0 Å². The van der Waals surface area contributed by atoms with E-state index in [1.165, 1.54) is 4.68 Å². The number of pyridine rings is 1. The van der Waals surface area contributed by atoms with E-state index < -0.39 is 0 Å². The summed E-state index contributed by atoms with van der Waals surface area (Å²) in [6.45, 7) is 2.26. The van der Waals surface area contributed by atoms with E-state index in [1.54, 1.807) is 35.8 Å². The zero-order valence-corrected chi connectivity index (χ0v) is 19.8. The van der Waals surface area contributed by atoms with Gasteiger partial charge in [0.25, 0.3) is 0 Å². The van der Waals surface area contributed by atoms with Crippen LogP contribution < -0.4 is 10.4 Å². The third-order valence-corrected chi connectivity index (χ3v) is 6.10. The van der Waals surface area contributed by atoms with E-state index in [9.17, 15) is 10.1 Å². The fraction of sp³-hybridized carbons (Fsp3) is 0.103. The molecule has 0 aliphatic heterocycles. The fourth-order valence-electron chi connectivity index (χ4n) is 4.20. The van der Waals surface area contributed by atoms with Gasteiger partial charge in [0.15, 0.2) is 5.75 Å². The molecule has 0 atom stereocenters. The molecular weight excluding hydrogens is 450 g/mol. The predicted octanol–water partition coefficient (Wildman–Crippen LogP) is 4.94. The number of rotatable bonds is 5. The second kappa shape index (κ2) is 9.25. The van der Waals surface area contributed by atoms with Gasteiger partial charge in [0.1, 0.15) is 0 Å². The average molecular weight is 472 g/mol. The van der Waals surface area contributed by atoms with E-state index in [0.29, 0.717) is 28.2 Å². The number of methoxy groups -OCH3 is 1. The van der Waals surface area contributed by atoms with Gasteiger partial charge in [0.05, 0.1) is 42.6 Å². The third-order valence-electron chi connectivity index (χ3n) is 6.10. The highest BCUT2D eigenvalue weighted by Gasteiger charge is 2.21. The van der Waals surface area contributed by atoms with Crippen LogP contribution in [0.1, 0.15) is 22.3 Å². The lowest BCUT2D eigenvalue weighted by Gasteiger charge is -2.15. The number of aromatic nitrogens is 3. The van der Waals surface area contributed by atoms with E-state index in [2.05, 4.69) is 17.2 Å². The molecule has 0 saturated heterocycles. The van der Waals surface area contributed by atoms with Crippen LogP contribution in [0.3, 0.4) is 0 Å². The highest BCUT2D eigenvalue weighted by atomic mass is 16.5. The maximum absolute atomic E-state index is 13.8. The van der Waals surface area contributed by atoms with Crippen LogP contribution in [0, 0.1) is 29.6 Å². The van der Waals surface area contributed by atoms with Gasteiger partial charge < -0.3 is 4.74 Å². The predicted molar refractivity (Wildman–Crippen MR) is 137 cm³/mol. The molecule has 5 rings (SSSR count). The Labute approximate surface area is 207 Å². The molecule has 0 unspecified atom stereocenters. The molecule has 5 aromatic rings. The zero-order valence-electron chi connectivity index (χ0n) is 19.8. The molecule has 0 saturated carbocycles. The summed E-state index contributed by atoms with van der Waals surface area (Å²) in [4.78, 5) is 13.8.